The Morgan fingerprint density at radius 1 is 0.571 bits per heavy atom. The minimum atomic E-state index is -0.109. The molecule has 2 saturated carbocycles. The molecule has 0 heterocycles. The molecule has 192 valence electrons. The van der Waals surface area contributed by atoms with Gasteiger partial charge in [-0.2, -0.15) is 0 Å². The van der Waals surface area contributed by atoms with Crippen molar-refractivity contribution in [2.24, 2.45) is 0 Å². The van der Waals surface area contributed by atoms with Gasteiger partial charge in [-0.05, 0) is 88.2 Å². The predicted molar refractivity (Wildman–Crippen MR) is 148 cm³/mol. The highest BCUT2D eigenvalue weighted by molar-refractivity contribution is 5.52. The molecule has 0 bridgehead atoms. The summed E-state index contributed by atoms with van der Waals surface area (Å²) in [6, 6.07) is 9.08. The van der Waals surface area contributed by atoms with Crippen LogP contribution in [0.2, 0.25) is 0 Å². The van der Waals surface area contributed by atoms with Crippen LogP contribution in [0.5, 0.6) is 11.5 Å². The molecule has 4 rings (SSSR count). The monoisotopic (exact) mass is 476 g/mol. The number of rotatable bonds is 4. The van der Waals surface area contributed by atoms with Gasteiger partial charge >= 0.3 is 0 Å². The van der Waals surface area contributed by atoms with E-state index in [0.29, 0.717) is 23.3 Å². The van der Waals surface area contributed by atoms with E-state index in [0.717, 1.165) is 28.7 Å². The smallest absolute Gasteiger partial charge is 0.122 e. The van der Waals surface area contributed by atoms with Crippen LogP contribution in [0.3, 0.4) is 0 Å². The standard InChI is InChI=1S/C33H48O2/c1-32(2,3)28-20-22(18-26(30(28)34)24-13-9-7-10-14-24)17-23-19-27(25-15-11-8-12-16-25)31(35)29(21-23)33(4,5)6/h18-21,24-25,34-35H,7-17H2,1-6H3. The molecule has 0 saturated heterocycles. The predicted octanol–water partition coefficient (Wildman–Crippen LogP) is 9.38. The molecule has 2 aromatic rings. The molecule has 2 heteroatoms. The molecule has 0 radical (unpaired) electrons. The number of hydrogen-bond donors (Lipinski definition) is 2. The summed E-state index contributed by atoms with van der Waals surface area (Å²) < 4.78 is 0. The number of hydrogen-bond acceptors (Lipinski definition) is 2. The molecule has 2 aromatic carbocycles. The van der Waals surface area contributed by atoms with Crippen molar-refractivity contribution in [3.05, 3.63) is 57.6 Å². The van der Waals surface area contributed by atoms with Crippen LogP contribution in [0, 0.1) is 0 Å². The zero-order chi connectivity index (χ0) is 25.4. The van der Waals surface area contributed by atoms with Crippen molar-refractivity contribution in [1.82, 2.24) is 0 Å². The molecular weight excluding hydrogens is 428 g/mol. The third kappa shape index (κ3) is 5.89. The summed E-state index contributed by atoms with van der Waals surface area (Å²) in [6.45, 7) is 13.2. The van der Waals surface area contributed by atoms with Crippen LogP contribution in [0.15, 0.2) is 24.3 Å². The fourth-order valence-electron chi connectivity index (χ4n) is 6.47. The zero-order valence-electron chi connectivity index (χ0n) is 23.1. The maximum absolute atomic E-state index is 11.3. The van der Waals surface area contributed by atoms with Crippen LogP contribution in [-0.2, 0) is 17.3 Å². The highest BCUT2D eigenvalue weighted by Gasteiger charge is 2.28. The van der Waals surface area contributed by atoms with E-state index in [-0.39, 0.29) is 10.8 Å². The molecular formula is C33H48O2. The van der Waals surface area contributed by atoms with Crippen LogP contribution in [-0.4, -0.2) is 10.2 Å². The molecule has 0 aromatic heterocycles. The quantitative estimate of drug-likeness (QED) is 0.461. The minimum Gasteiger partial charge on any atom is -0.507 e. The lowest BCUT2D eigenvalue weighted by atomic mass is 9.76. The van der Waals surface area contributed by atoms with E-state index in [1.165, 1.54) is 75.3 Å². The van der Waals surface area contributed by atoms with Crippen LogP contribution in [0.4, 0.5) is 0 Å². The molecule has 2 aliphatic carbocycles. The Bertz CT molecular complexity index is 939. The van der Waals surface area contributed by atoms with Gasteiger partial charge < -0.3 is 10.2 Å². The van der Waals surface area contributed by atoms with Crippen molar-refractivity contribution in [2.45, 2.75) is 135 Å². The van der Waals surface area contributed by atoms with E-state index in [1.807, 2.05) is 0 Å². The van der Waals surface area contributed by atoms with Crippen molar-refractivity contribution in [3.63, 3.8) is 0 Å². The van der Waals surface area contributed by atoms with Crippen LogP contribution in [0.25, 0.3) is 0 Å². The topological polar surface area (TPSA) is 40.5 Å². The van der Waals surface area contributed by atoms with E-state index < -0.39 is 0 Å². The summed E-state index contributed by atoms with van der Waals surface area (Å²) in [5.74, 6) is 1.98. The Morgan fingerprint density at radius 2 is 0.914 bits per heavy atom. The molecule has 0 spiro atoms. The van der Waals surface area contributed by atoms with Gasteiger partial charge in [0.25, 0.3) is 0 Å². The molecule has 35 heavy (non-hydrogen) atoms. The maximum atomic E-state index is 11.3. The van der Waals surface area contributed by atoms with Gasteiger partial charge in [-0.1, -0.05) is 104 Å². The molecule has 2 fully saturated rings. The van der Waals surface area contributed by atoms with Crippen LogP contribution in [0.1, 0.15) is 151 Å². The van der Waals surface area contributed by atoms with Crippen LogP contribution >= 0.6 is 0 Å². The second-order valence-electron chi connectivity index (χ2n) is 13.5. The molecule has 2 N–H and O–H groups in total. The van der Waals surface area contributed by atoms with Gasteiger partial charge in [-0.3, -0.25) is 0 Å². The highest BCUT2D eigenvalue weighted by Crippen LogP contribution is 2.45. The third-order valence-electron chi connectivity index (χ3n) is 8.51. The average molecular weight is 477 g/mol. The molecule has 0 atom stereocenters. The molecule has 2 aliphatic rings. The minimum absolute atomic E-state index is 0.109. The summed E-state index contributed by atoms with van der Waals surface area (Å²) in [6.07, 6.45) is 13.2. The van der Waals surface area contributed by atoms with E-state index in [1.54, 1.807) is 0 Å². The Balaban J connectivity index is 1.78. The first-order valence-corrected chi connectivity index (χ1v) is 14.2. The van der Waals surface area contributed by atoms with E-state index in [9.17, 15) is 10.2 Å². The van der Waals surface area contributed by atoms with Gasteiger partial charge in [0.2, 0.25) is 0 Å². The van der Waals surface area contributed by atoms with Crippen molar-refractivity contribution in [1.29, 1.82) is 0 Å². The normalized spacial score (nSPS) is 18.7. The largest absolute Gasteiger partial charge is 0.507 e. The van der Waals surface area contributed by atoms with Crippen LogP contribution < -0.4 is 0 Å². The summed E-state index contributed by atoms with van der Waals surface area (Å²) in [5.41, 5.74) is 6.81. The molecule has 2 nitrogen and oxygen atoms in total. The first-order chi connectivity index (χ1) is 16.4. The van der Waals surface area contributed by atoms with Gasteiger partial charge in [0.05, 0.1) is 0 Å². The number of benzene rings is 2. The zero-order valence-corrected chi connectivity index (χ0v) is 23.1. The number of aromatic hydroxyl groups is 2. The van der Waals surface area contributed by atoms with E-state index in [4.69, 9.17) is 0 Å². The average Bonchev–Trinajstić information content (AvgIpc) is 2.80. The maximum Gasteiger partial charge on any atom is 0.122 e. The Labute approximate surface area is 214 Å². The van der Waals surface area contributed by atoms with E-state index in [2.05, 4.69) is 65.8 Å². The lowest BCUT2D eigenvalue weighted by Gasteiger charge is -2.29. The van der Waals surface area contributed by atoms with Crippen molar-refractivity contribution in [3.8, 4) is 11.5 Å². The summed E-state index contributed by atoms with van der Waals surface area (Å²) >= 11 is 0. The second-order valence-corrected chi connectivity index (χ2v) is 13.5. The Morgan fingerprint density at radius 3 is 1.23 bits per heavy atom. The molecule has 0 unspecified atom stereocenters. The Kier molecular flexibility index (Phi) is 7.60. The fourth-order valence-corrected chi connectivity index (χ4v) is 6.47. The summed E-state index contributed by atoms with van der Waals surface area (Å²) in [5, 5.41) is 22.7. The van der Waals surface area contributed by atoms with Gasteiger partial charge in [0.15, 0.2) is 0 Å². The number of phenols is 2. The van der Waals surface area contributed by atoms with Crippen molar-refractivity contribution < 1.29 is 10.2 Å². The fraction of sp³-hybridized carbons (Fsp3) is 0.636. The number of phenolic OH excluding ortho intramolecular Hbond substituents is 2. The first-order valence-electron chi connectivity index (χ1n) is 14.2. The molecule has 0 aliphatic heterocycles. The third-order valence-corrected chi connectivity index (χ3v) is 8.51. The van der Waals surface area contributed by atoms with Gasteiger partial charge in [-0.15, -0.1) is 0 Å². The second kappa shape index (κ2) is 10.2. The van der Waals surface area contributed by atoms with Gasteiger partial charge in [0, 0.05) is 0 Å². The Hall–Kier alpha value is -1.96. The first kappa shape index (κ1) is 26.1. The summed E-state index contributed by atoms with van der Waals surface area (Å²) in [7, 11) is 0. The van der Waals surface area contributed by atoms with Gasteiger partial charge in [-0.25, -0.2) is 0 Å². The SMILES string of the molecule is CC(C)(C)c1cc(Cc2cc(C3CCCCC3)c(O)c(C(C)(C)C)c2)cc(C2CCCCC2)c1O. The van der Waals surface area contributed by atoms with Crippen molar-refractivity contribution in [2.75, 3.05) is 0 Å². The highest BCUT2D eigenvalue weighted by atomic mass is 16.3. The lowest BCUT2D eigenvalue weighted by Crippen LogP contribution is -2.16. The van der Waals surface area contributed by atoms with Crippen molar-refractivity contribution >= 4 is 0 Å². The van der Waals surface area contributed by atoms with Gasteiger partial charge in [0.1, 0.15) is 11.5 Å². The summed E-state index contributed by atoms with van der Waals surface area (Å²) in [4.78, 5) is 0. The molecule has 0 amide bonds. The van der Waals surface area contributed by atoms with E-state index >= 15 is 0 Å². The lowest BCUT2D eigenvalue weighted by molar-refractivity contribution is 0.402.